The molecule has 5 heteroatoms. The SMILES string of the molecule is Cc1csc(C(C)NC(=O)C(C)CCCN)n1. The van der Waals surface area contributed by atoms with Crippen LogP contribution in [0.2, 0.25) is 0 Å². The molecular weight excluding hydrogens is 234 g/mol. The third-order valence-corrected chi connectivity index (χ3v) is 3.80. The van der Waals surface area contributed by atoms with E-state index in [1.807, 2.05) is 26.2 Å². The molecule has 0 radical (unpaired) electrons. The van der Waals surface area contributed by atoms with Crippen LogP contribution in [0, 0.1) is 12.8 Å². The Labute approximate surface area is 107 Å². The summed E-state index contributed by atoms with van der Waals surface area (Å²) in [6.45, 7) is 6.49. The van der Waals surface area contributed by atoms with Crippen molar-refractivity contribution in [3.63, 3.8) is 0 Å². The minimum absolute atomic E-state index is 0.0125. The van der Waals surface area contributed by atoms with Crippen molar-refractivity contribution >= 4 is 17.2 Å². The fraction of sp³-hybridized carbons (Fsp3) is 0.667. The molecule has 1 heterocycles. The van der Waals surface area contributed by atoms with Gasteiger partial charge in [-0.25, -0.2) is 4.98 Å². The molecule has 96 valence electrons. The van der Waals surface area contributed by atoms with E-state index in [1.54, 1.807) is 11.3 Å². The summed E-state index contributed by atoms with van der Waals surface area (Å²) in [5, 5.41) is 5.94. The van der Waals surface area contributed by atoms with Crippen LogP contribution in [0.5, 0.6) is 0 Å². The van der Waals surface area contributed by atoms with Crippen LogP contribution in [0.15, 0.2) is 5.38 Å². The zero-order valence-electron chi connectivity index (χ0n) is 10.7. The summed E-state index contributed by atoms with van der Waals surface area (Å²) in [5.74, 6) is 0.0980. The molecule has 0 aliphatic rings. The molecule has 0 bridgehead atoms. The maximum atomic E-state index is 11.9. The number of carbonyl (C=O) groups is 1. The summed E-state index contributed by atoms with van der Waals surface area (Å²) in [6.07, 6.45) is 1.73. The first-order valence-corrected chi connectivity index (χ1v) is 6.85. The number of amides is 1. The average Bonchev–Trinajstić information content (AvgIpc) is 2.72. The fourth-order valence-corrected chi connectivity index (χ4v) is 2.35. The number of aromatic nitrogens is 1. The van der Waals surface area contributed by atoms with Crippen LogP contribution >= 0.6 is 11.3 Å². The second kappa shape index (κ2) is 6.71. The van der Waals surface area contributed by atoms with Gasteiger partial charge in [-0.15, -0.1) is 11.3 Å². The van der Waals surface area contributed by atoms with Crippen molar-refractivity contribution in [3.05, 3.63) is 16.1 Å². The Bertz CT molecular complexity index is 364. The number of nitrogens with one attached hydrogen (secondary N) is 1. The van der Waals surface area contributed by atoms with Gasteiger partial charge in [-0.05, 0) is 33.2 Å². The maximum Gasteiger partial charge on any atom is 0.223 e. The lowest BCUT2D eigenvalue weighted by atomic mass is 10.0. The lowest BCUT2D eigenvalue weighted by Crippen LogP contribution is -2.31. The van der Waals surface area contributed by atoms with E-state index in [2.05, 4.69) is 10.3 Å². The quantitative estimate of drug-likeness (QED) is 0.817. The molecule has 0 fully saturated rings. The first-order valence-electron chi connectivity index (χ1n) is 5.97. The number of hydrogen-bond donors (Lipinski definition) is 2. The Morgan fingerprint density at radius 1 is 1.59 bits per heavy atom. The lowest BCUT2D eigenvalue weighted by Gasteiger charge is -2.15. The Morgan fingerprint density at radius 2 is 2.29 bits per heavy atom. The average molecular weight is 255 g/mol. The van der Waals surface area contributed by atoms with E-state index >= 15 is 0 Å². The van der Waals surface area contributed by atoms with Crippen LogP contribution < -0.4 is 11.1 Å². The molecule has 0 saturated carbocycles. The Morgan fingerprint density at radius 3 is 2.82 bits per heavy atom. The zero-order chi connectivity index (χ0) is 12.8. The number of hydrogen-bond acceptors (Lipinski definition) is 4. The van der Waals surface area contributed by atoms with Gasteiger partial charge in [0.1, 0.15) is 5.01 Å². The van der Waals surface area contributed by atoms with Gasteiger partial charge in [0.25, 0.3) is 0 Å². The summed E-state index contributed by atoms with van der Waals surface area (Å²) < 4.78 is 0. The first-order chi connectivity index (χ1) is 8.04. The van der Waals surface area contributed by atoms with Crippen LogP contribution in [-0.4, -0.2) is 17.4 Å². The Hall–Kier alpha value is -0.940. The van der Waals surface area contributed by atoms with Crippen molar-refractivity contribution in [1.29, 1.82) is 0 Å². The Kier molecular flexibility index (Phi) is 5.58. The van der Waals surface area contributed by atoms with Crippen molar-refractivity contribution in [2.45, 2.75) is 39.7 Å². The molecule has 0 aromatic carbocycles. The van der Waals surface area contributed by atoms with Crippen LogP contribution in [0.4, 0.5) is 0 Å². The summed E-state index contributed by atoms with van der Waals surface area (Å²) in [5.41, 5.74) is 6.43. The highest BCUT2D eigenvalue weighted by molar-refractivity contribution is 7.09. The van der Waals surface area contributed by atoms with E-state index in [4.69, 9.17) is 5.73 Å². The minimum atomic E-state index is -0.0125. The van der Waals surface area contributed by atoms with Gasteiger partial charge in [0.15, 0.2) is 0 Å². The highest BCUT2D eigenvalue weighted by atomic mass is 32.1. The van der Waals surface area contributed by atoms with Gasteiger partial charge in [-0.1, -0.05) is 6.92 Å². The van der Waals surface area contributed by atoms with E-state index in [9.17, 15) is 4.79 Å². The summed E-state index contributed by atoms with van der Waals surface area (Å²) >= 11 is 1.58. The Balaban J connectivity index is 2.45. The van der Waals surface area contributed by atoms with Crippen molar-refractivity contribution in [2.75, 3.05) is 6.54 Å². The molecule has 1 aromatic rings. The molecule has 2 atom stereocenters. The normalized spacial score (nSPS) is 14.4. The molecule has 3 N–H and O–H groups in total. The minimum Gasteiger partial charge on any atom is -0.347 e. The number of nitrogens with two attached hydrogens (primary N) is 1. The molecular formula is C12H21N3OS. The van der Waals surface area contributed by atoms with Crippen molar-refractivity contribution in [2.24, 2.45) is 11.7 Å². The number of carbonyl (C=O) groups excluding carboxylic acids is 1. The van der Waals surface area contributed by atoms with Crippen molar-refractivity contribution < 1.29 is 4.79 Å². The highest BCUT2D eigenvalue weighted by Gasteiger charge is 2.17. The van der Waals surface area contributed by atoms with Crippen LogP contribution in [0.1, 0.15) is 43.4 Å². The first kappa shape index (κ1) is 14.1. The summed E-state index contributed by atoms with van der Waals surface area (Å²) in [6, 6.07) is -0.0125. The van der Waals surface area contributed by atoms with Gasteiger partial charge in [0.05, 0.1) is 6.04 Å². The molecule has 1 rings (SSSR count). The predicted octanol–water partition coefficient (Wildman–Crippen LogP) is 2.00. The largest absolute Gasteiger partial charge is 0.347 e. The summed E-state index contributed by atoms with van der Waals surface area (Å²) in [7, 11) is 0. The molecule has 0 aliphatic carbocycles. The standard InChI is InChI=1S/C12H21N3OS/c1-8(5-4-6-13)11(16)15-10(3)12-14-9(2)7-17-12/h7-8,10H,4-6,13H2,1-3H3,(H,15,16). The van der Waals surface area contributed by atoms with Gasteiger partial charge in [-0.3, -0.25) is 4.79 Å². The second-order valence-corrected chi connectivity index (χ2v) is 5.28. The van der Waals surface area contributed by atoms with Crippen LogP contribution in [0.3, 0.4) is 0 Å². The van der Waals surface area contributed by atoms with E-state index < -0.39 is 0 Å². The molecule has 0 saturated heterocycles. The fourth-order valence-electron chi connectivity index (χ4n) is 1.54. The smallest absolute Gasteiger partial charge is 0.223 e. The highest BCUT2D eigenvalue weighted by Crippen LogP contribution is 2.18. The monoisotopic (exact) mass is 255 g/mol. The third-order valence-electron chi connectivity index (χ3n) is 2.65. The molecule has 1 aromatic heterocycles. The molecule has 0 aliphatic heterocycles. The number of rotatable bonds is 6. The number of nitrogens with zero attached hydrogens (tertiary/aromatic N) is 1. The van der Waals surface area contributed by atoms with Gasteiger partial charge in [0.2, 0.25) is 5.91 Å². The van der Waals surface area contributed by atoms with E-state index in [-0.39, 0.29) is 17.9 Å². The molecule has 2 unspecified atom stereocenters. The summed E-state index contributed by atoms with van der Waals surface area (Å²) in [4.78, 5) is 16.2. The third kappa shape index (κ3) is 4.44. The van der Waals surface area contributed by atoms with Gasteiger partial charge in [0, 0.05) is 17.0 Å². The number of thiazole rings is 1. The molecule has 1 amide bonds. The zero-order valence-corrected chi connectivity index (χ0v) is 11.5. The van der Waals surface area contributed by atoms with Crippen molar-refractivity contribution in [1.82, 2.24) is 10.3 Å². The van der Waals surface area contributed by atoms with Gasteiger partial charge >= 0.3 is 0 Å². The second-order valence-electron chi connectivity index (χ2n) is 4.39. The van der Waals surface area contributed by atoms with E-state index in [1.165, 1.54) is 0 Å². The maximum absolute atomic E-state index is 11.9. The van der Waals surface area contributed by atoms with Crippen molar-refractivity contribution in [3.8, 4) is 0 Å². The van der Waals surface area contributed by atoms with Crippen LogP contribution in [-0.2, 0) is 4.79 Å². The van der Waals surface area contributed by atoms with E-state index in [0.717, 1.165) is 23.5 Å². The molecule has 0 spiro atoms. The predicted molar refractivity (Wildman–Crippen MR) is 70.9 cm³/mol. The van der Waals surface area contributed by atoms with Gasteiger partial charge in [-0.2, -0.15) is 0 Å². The molecule has 17 heavy (non-hydrogen) atoms. The topological polar surface area (TPSA) is 68.0 Å². The van der Waals surface area contributed by atoms with E-state index in [0.29, 0.717) is 6.54 Å². The van der Waals surface area contributed by atoms with Crippen LogP contribution in [0.25, 0.3) is 0 Å². The number of aryl methyl sites for hydroxylation is 1. The lowest BCUT2D eigenvalue weighted by molar-refractivity contribution is -0.125. The van der Waals surface area contributed by atoms with Gasteiger partial charge < -0.3 is 11.1 Å². The molecule has 4 nitrogen and oxygen atoms in total.